The van der Waals surface area contributed by atoms with Crippen LogP contribution in [0, 0.1) is 0 Å². The van der Waals surface area contributed by atoms with E-state index in [1.807, 2.05) is 0 Å². The van der Waals surface area contributed by atoms with Crippen LogP contribution in [-0.4, -0.2) is 39.5 Å². The Balaban J connectivity index is 1.70. The maximum absolute atomic E-state index is 12.4. The van der Waals surface area contributed by atoms with Crippen LogP contribution in [0.1, 0.15) is 17.3 Å². The van der Waals surface area contributed by atoms with Crippen molar-refractivity contribution in [2.24, 2.45) is 0 Å². The molecule has 0 fully saturated rings. The fourth-order valence-electron chi connectivity index (χ4n) is 2.29. The van der Waals surface area contributed by atoms with Crippen LogP contribution in [0.3, 0.4) is 0 Å². The van der Waals surface area contributed by atoms with Crippen molar-refractivity contribution >= 4 is 52.3 Å². The maximum Gasteiger partial charge on any atom is 0.237 e. The number of aromatic amines is 1. The number of hydrogen-bond donors (Lipinski definition) is 2. The molecule has 0 radical (unpaired) electrons. The zero-order chi connectivity index (χ0) is 18.7. The number of amides is 1. The third-order valence-electron chi connectivity index (χ3n) is 3.59. The quantitative estimate of drug-likeness (QED) is 0.379. The molecule has 2 aromatic heterocycles. The summed E-state index contributed by atoms with van der Waals surface area (Å²) in [6.07, 6.45) is 2.25. The van der Waals surface area contributed by atoms with Crippen molar-refractivity contribution in [3.8, 4) is 5.75 Å². The molecule has 0 aliphatic heterocycles. The van der Waals surface area contributed by atoms with E-state index in [-0.39, 0.29) is 5.91 Å². The van der Waals surface area contributed by atoms with Crippen molar-refractivity contribution in [3.63, 3.8) is 0 Å². The van der Waals surface area contributed by atoms with Crippen LogP contribution in [0.2, 0.25) is 5.15 Å². The summed E-state index contributed by atoms with van der Waals surface area (Å²) in [5, 5.41) is 3.33. The Morgan fingerprint density at radius 1 is 1.42 bits per heavy atom. The van der Waals surface area contributed by atoms with Gasteiger partial charge in [0.25, 0.3) is 0 Å². The van der Waals surface area contributed by atoms with Gasteiger partial charge in [-0.2, -0.15) is 0 Å². The molecule has 2 N–H and O–H groups in total. The van der Waals surface area contributed by atoms with E-state index in [2.05, 4.69) is 20.3 Å². The number of nitrogens with one attached hydrogen (secondary N) is 2. The molecule has 0 saturated carbocycles. The van der Waals surface area contributed by atoms with E-state index in [4.69, 9.17) is 16.3 Å². The number of aromatic nitrogens is 3. The van der Waals surface area contributed by atoms with Crippen molar-refractivity contribution in [3.05, 3.63) is 41.2 Å². The molecule has 0 saturated heterocycles. The summed E-state index contributed by atoms with van der Waals surface area (Å²) in [6, 6.07) is 6.55. The van der Waals surface area contributed by atoms with Gasteiger partial charge in [-0.15, -0.1) is 0 Å². The van der Waals surface area contributed by atoms with Gasteiger partial charge in [-0.25, -0.2) is 9.97 Å². The number of benzene rings is 1. The van der Waals surface area contributed by atoms with Gasteiger partial charge in [0.2, 0.25) is 5.91 Å². The van der Waals surface area contributed by atoms with Gasteiger partial charge in [-0.1, -0.05) is 23.4 Å². The van der Waals surface area contributed by atoms with E-state index in [1.165, 1.54) is 18.9 Å². The maximum atomic E-state index is 12.4. The van der Waals surface area contributed by atoms with Crippen molar-refractivity contribution in [1.82, 2.24) is 15.0 Å². The Labute approximate surface area is 158 Å². The molecule has 1 unspecified atom stereocenters. The molecule has 3 aromatic rings. The van der Waals surface area contributed by atoms with E-state index in [1.54, 1.807) is 37.4 Å². The molecule has 134 valence electrons. The van der Waals surface area contributed by atoms with E-state index >= 15 is 0 Å². The Kier molecular flexibility index (Phi) is 5.43. The predicted octanol–water partition coefficient (Wildman–Crippen LogP) is 3.55. The van der Waals surface area contributed by atoms with Gasteiger partial charge >= 0.3 is 0 Å². The number of aldehydes is 1. The molecule has 0 aliphatic carbocycles. The highest BCUT2D eigenvalue weighted by Crippen LogP contribution is 2.26. The highest BCUT2D eigenvalue weighted by Gasteiger charge is 2.17. The number of halogens is 1. The molecule has 2 heterocycles. The standard InChI is InChI=1S/C17H15ClN4O3S/c1-9(26-17-21-12-6-15(18)19-7-13(12)22-17)16(24)20-11-3-4-14(25-2)10(5-11)8-23/h3-9H,1-2H3,(H,20,24)(H,21,22). The summed E-state index contributed by atoms with van der Waals surface area (Å²) in [7, 11) is 1.48. The first-order valence-corrected chi connectivity index (χ1v) is 8.88. The minimum atomic E-state index is -0.416. The van der Waals surface area contributed by atoms with Gasteiger partial charge in [-0.05, 0) is 25.1 Å². The third kappa shape index (κ3) is 3.97. The Hall–Kier alpha value is -2.58. The van der Waals surface area contributed by atoms with Crippen molar-refractivity contribution in [1.29, 1.82) is 0 Å². The molecule has 26 heavy (non-hydrogen) atoms. The number of thioether (sulfide) groups is 1. The number of H-pyrrole nitrogens is 1. The number of fused-ring (bicyclic) bond motifs is 1. The highest BCUT2D eigenvalue weighted by atomic mass is 35.5. The smallest absolute Gasteiger partial charge is 0.237 e. The number of ether oxygens (including phenoxy) is 1. The van der Waals surface area contributed by atoms with Crippen LogP contribution in [0.15, 0.2) is 35.6 Å². The first-order chi connectivity index (χ1) is 12.5. The van der Waals surface area contributed by atoms with Crippen molar-refractivity contribution < 1.29 is 14.3 Å². The molecule has 1 aromatic carbocycles. The molecule has 0 spiro atoms. The number of pyridine rings is 1. The summed E-state index contributed by atoms with van der Waals surface area (Å²) in [6.45, 7) is 1.77. The van der Waals surface area contributed by atoms with E-state index in [0.717, 1.165) is 5.52 Å². The van der Waals surface area contributed by atoms with Crippen molar-refractivity contribution in [2.45, 2.75) is 17.3 Å². The summed E-state index contributed by atoms with van der Waals surface area (Å²) < 4.78 is 5.08. The molecule has 9 heteroatoms. The summed E-state index contributed by atoms with van der Waals surface area (Å²) in [4.78, 5) is 35.0. The fraction of sp³-hybridized carbons (Fsp3) is 0.176. The number of methoxy groups -OCH3 is 1. The lowest BCUT2D eigenvalue weighted by Crippen LogP contribution is -2.22. The van der Waals surface area contributed by atoms with E-state index in [9.17, 15) is 9.59 Å². The lowest BCUT2D eigenvalue weighted by molar-refractivity contribution is -0.115. The number of imidazole rings is 1. The molecular formula is C17H15ClN4O3S. The van der Waals surface area contributed by atoms with Gasteiger partial charge in [0.05, 0.1) is 29.6 Å². The molecular weight excluding hydrogens is 376 g/mol. The second-order valence-corrected chi connectivity index (χ2v) is 7.11. The molecule has 7 nitrogen and oxygen atoms in total. The average Bonchev–Trinajstić information content (AvgIpc) is 3.02. The van der Waals surface area contributed by atoms with Gasteiger partial charge in [-0.3, -0.25) is 9.59 Å². The molecule has 0 aliphatic rings. The lowest BCUT2D eigenvalue weighted by Gasteiger charge is -2.12. The zero-order valence-electron chi connectivity index (χ0n) is 13.9. The van der Waals surface area contributed by atoms with Crippen LogP contribution >= 0.6 is 23.4 Å². The minimum Gasteiger partial charge on any atom is -0.496 e. The third-order valence-corrected chi connectivity index (χ3v) is 4.79. The van der Waals surface area contributed by atoms with Gasteiger partial charge in [0, 0.05) is 11.8 Å². The first-order valence-electron chi connectivity index (χ1n) is 7.62. The van der Waals surface area contributed by atoms with Crippen LogP contribution in [-0.2, 0) is 4.79 Å². The Bertz CT molecular complexity index is 976. The number of anilines is 1. The minimum absolute atomic E-state index is 0.214. The van der Waals surface area contributed by atoms with Crippen LogP contribution in [0.5, 0.6) is 5.75 Å². The van der Waals surface area contributed by atoms with Crippen LogP contribution in [0.25, 0.3) is 11.0 Å². The SMILES string of the molecule is COc1ccc(NC(=O)C(C)Sc2nc3cnc(Cl)cc3[nH]2)cc1C=O. The fourth-order valence-corrected chi connectivity index (χ4v) is 3.27. The summed E-state index contributed by atoms with van der Waals surface area (Å²) in [5.74, 6) is 0.239. The molecule has 1 amide bonds. The average molecular weight is 391 g/mol. The Morgan fingerprint density at radius 2 is 2.23 bits per heavy atom. The second-order valence-electron chi connectivity index (χ2n) is 5.39. The number of carbonyl (C=O) groups is 2. The monoisotopic (exact) mass is 390 g/mol. The second kappa shape index (κ2) is 7.76. The summed E-state index contributed by atoms with van der Waals surface area (Å²) in [5.41, 5.74) is 2.32. The Morgan fingerprint density at radius 3 is 2.96 bits per heavy atom. The van der Waals surface area contributed by atoms with Gasteiger partial charge in [0.1, 0.15) is 16.4 Å². The first kappa shape index (κ1) is 18.2. The van der Waals surface area contributed by atoms with Crippen LogP contribution in [0.4, 0.5) is 5.69 Å². The van der Waals surface area contributed by atoms with Gasteiger partial charge in [0.15, 0.2) is 11.4 Å². The summed E-state index contributed by atoms with van der Waals surface area (Å²) >= 11 is 7.13. The largest absolute Gasteiger partial charge is 0.496 e. The molecule has 0 bridgehead atoms. The van der Waals surface area contributed by atoms with E-state index in [0.29, 0.717) is 39.1 Å². The highest BCUT2D eigenvalue weighted by molar-refractivity contribution is 8.00. The van der Waals surface area contributed by atoms with Crippen LogP contribution < -0.4 is 10.1 Å². The number of carbonyl (C=O) groups excluding carboxylic acids is 2. The zero-order valence-corrected chi connectivity index (χ0v) is 15.5. The lowest BCUT2D eigenvalue weighted by atomic mass is 10.2. The predicted molar refractivity (Wildman–Crippen MR) is 101 cm³/mol. The molecule has 1 atom stereocenters. The number of hydrogen-bond acceptors (Lipinski definition) is 6. The number of nitrogens with zero attached hydrogens (tertiary/aromatic N) is 2. The molecule has 3 rings (SSSR count). The van der Waals surface area contributed by atoms with E-state index < -0.39 is 5.25 Å². The number of rotatable bonds is 6. The van der Waals surface area contributed by atoms with Gasteiger partial charge < -0.3 is 15.0 Å². The normalized spacial score (nSPS) is 12.0. The van der Waals surface area contributed by atoms with Crippen molar-refractivity contribution in [2.75, 3.05) is 12.4 Å². The topological polar surface area (TPSA) is 97.0 Å².